The summed E-state index contributed by atoms with van der Waals surface area (Å²) in [5, 5.41) is 14.8. The largest absolute Gasteiger partial charge is 0.330 e. The standard InChI is InChI=1S/C22H23N5O2S2/c1-13-8-7-9-15(12-13)23-20-25-26-21(31-20)30-14(2)18(28)27-17-11-6-5-10-16(17)24-19(29)22(27,3)4/h5-12,14H,1-4H3,(H,23,25)(H,24,29). The minimum absolute atomic E-state index is 0.152. The van der Waals surface area contributed by atoms with E-state index >= 15 is 0 Å². The van der Waals surface area contributed by atoms with Crippen LogP contribution in [0.15, 0.2) is 52.9 Å². The number of benzene rings is 2. The Labute approximate surface area is 189 Å². The van der Waals surface area contributed by atoms with Crippen molar-refractivity contribution in [3.63, 3.8) is 0 Å². The van der Waals surface area contributed by atoms with Crippen LogP contribution in [0.1, 0.15) is 26.3 Å². The second-order valence-corrected chi connectivity index (χ2v) is 10.4. The Morgan fingerprint density at radius 3 is 2.74 bits per heavy atom. The van der Waals surface area contributed by atoms with Crippen molar-refractivity contribution in [2.75, 3.05) is 15.5 Å². The van der Waals surface area contributed by atoms with E-state index in [0.29, 0.717) is 20.8 Å². The number of fused-ring (bicyclic) bond motifs is 1. The van der Waals surface area contributed by atoms with Gasteiger partial charge >= 0.3 is 0 Å². The van der Waals surface area contributed by atoms with Gasteiger partial charge in [0.05, 0.1) is 16.6 Å². The number of aryl methyl sites for hydroxylation is 1. The zero-order valence-corrected chi connectivity index (χ0v) is 19.3. The van der Waals surface area contributed by atoms with Crippen LogP contribution >= 0.6 is 23.1 Å². The molecule has 1 unspecified atom stereocenters. The molecule has 2 amide bonds. The molecule has 3 aromatic rings. The van der Waals surface area contributed by atoms with Gasteiger partial charge in [-0.2, -0.15) is 0 Å². The molecule has 2 N–H and O–H groups in total. The Kier molecular flexibility index (Phi) is 5.72. The van der Waals surface area contributed by atoms with E-state index < -0.39 is 10.8 Å². The summed E-state index contributed by atoms with van der Waals surface area (Å²) in [6.07, 6.45) is 0. The molecule has 0 aliphatic carbocycles. The van der Waals surface area contributed by atoms with Crippen molar-refractivity contribution in [1.29, 1.82) is 0 Å². The highest BCUT2D eigenvalue weighted by Gasteiger charge is 2.44. The van der Waals surface area contributed by atoms with Crippen molar-refractivity contribution >= 4 is 57.1 Å². The van der Waals surface area contributed by atoms with Gasteiger partial charge in [0, 0.05) is 5.69 Å². The first-order valence-corrected chi connectivity index (χ1v) is 11.5. The van der Waals surface area contributed by atoms with Gasteiger partial charge in [0.15, 0.2) is 4.34 Å². The normalized spacial score (nSPS) is 15.7. The summed E-state index contributed by atoms with van der Waals surface area (Å²) in [7, 11) is 0. The number of rotatable bonds is 5. The van der Waals surface area contributed by atoms with Crippen LogP contribution in [0.25, 0.3) is 0 Å². The van der Waals surface area contributed by atoms with Crippen molar-refractivity contribution < 1.29 is 9.59 Å². The molecule has 2 aromatic carbocycles. The third-order valence-corrected chi connectivity index (χ3v) is 7.04. The van der Waals surface area contributed by atoms with E-state index in [1.807, 2.05) is 56.3 Å². The summed E-state index contributed by atoms with van der Waals surface area (Å²) in [4.78, 5) is 27.7. The molecule has 0 saturated heterocycles. The van der Waals surface area contributed by atoms with Gasteiger partial charge < -0.3 is 10.6 Å². The lowest BCUT2D eigenvalue weighted by Gasteiger charge is -2.42. The first-order valence-electron chi connectivity index (χ1n) is 9.84. The Morgan fingerprint density at radius 1 is 1.19 bits per heavy atom. The number of thioether (sulfide) groups is 1. The van der Waals surface area contributed by atoms with Crippen LogP contribution in [0.4, 0.5) is 22.2 Å². The van der Waals surface area contributed by atoms with Gasteiger partial charge in [0.2, 0.25) is 16.9 Å². The molecule has 2 heterocycles. The fourth-order valence-corrected chi connectivity index (χ4v) is 5.34. The van der Waals surface area contributed by atoms with Crippen LogP contribution in [0.2, 0.25) is 0 Å². The molecule has 160 valence electrons. The van der Waals surface area contributed by atoms with E-state index in [4.69, 9.17) is 0 Å². The van der Waals surface area contributed by atoms with Crippen molar-refractivity contribution in [2.24, 2.45) is 0 Å². The van der Waals surface area contributed by atoms with Crippen LogP contribution < -0.4 is 15.5 Å². The van der Waals surface area contributed by atoms with E-state index in [-0.39, 0.29) is 11.8 Å². The molecule has 1 atom stereocenters. The van der Waals surface area contributed by atoms with Crippen LogP contribution in [0.3, 0.4) is 0 Å². The molecule has 0 spiro atoms. The minimum atomic E-state index is -1.00. The first-order chi connectivity index (χ1) is 14.8. The van der Waals surface area contributed by atoms with Crippen LogP contribution in [-0.2, 0) is 9.59 Å². The first kappa shape index (κ1) is 21.3. The van der Waals surface area contributed by atoms with Crippen LogP contribution in [0.5, 0.6) is 0 Å². The van der Waals surface area contributed by atoms with Crippen molar-refractivity contribution in [3.8, 4) is 0 Å². The van der Waals surface area contributed by atoms with Gasteiger partial charge in [-0.1, -0.05) is 47.4 Å². The van der Waals surface area contributed by atoms with Gasteiger partial charge in [-0.3, -0.25) is 14.5 Å². The number of para-hydroxylation sites is 2. The predicted molar refractivity (Wildman–Crippen MR) is 126 cm³/mol. The summed E-state index contributed by atoms with van der Waals surface area (Å²) < 4.78 is 0.684. The molecule has 31 heavy (non-hydrogen) atoms. The molecular formula is C22H23N5O2S2. The van der Waals surface area contributed by atoms with Gasteiger partial charge in [0.25, 0.3) is 0 Å². The maximum absolute atomic E-state index is 13.4. The molecule has 1 aromatic heterocycles. The maximum atomic E-state index is 13.4. The van der Waals surface area contributed by atoms with Gasteiger partial charge in [0.1, 0.15) is 5.54 Å². The monoisotopic (exact) mass is 453 g/mol. The molecule has 1 aliphatic rings. The Bertz CT molecular complexity index is 1140. The highest BCUT2D eigenvalue weighted by molar-refractivity contribution is 8.02. The SMILES string of the molecule is Cc1cccc(Nc2nnc(SC(C)C(=O)N3c4ccccc4NC(=O)C3(C)C)s2)c1. The topological polar surface area (TPSA) is 87.2 Å². The summed E-state index contributed by atoms with van der Waals surface area (Å²) in [6.45, 7) is 7.36. The van der Waals surface area contributed by atoms with E-state index in [1.54, 1.807) is 24.8 Å². The van der Waals surface area contributed by atoms with Crippen molar-refractivity contribution in [3.05, 3.63) is 54.1 Å². The summed E-state index contributed by atoms with van der Waals surface area (Å²) in [5.74, 6) is -0.363. The van der Waals surface area contributed by atoms with Gasteiger partial charge in [-0.25, -0.2) is 0 Å². The smallest absolute Gasteiger partial charge is 0.250 e. The minimum Gasteiger partial charge on any atom is -0.330 e. The number of carbonyl (C=O) groups is 2. The number of nitrogens with zero attached hydrogens (tertiary/aromatic N) is 3. The number of anilines is 4. The van der Waals surface area contributed by atoms with Crippen molar-refractivity contribution in [1.82, 2.24) is 10.2 Å². The average molecular weight is 454 g/mol. The van der Waals surface area contributed by atoms with Gasteiger partial charge in [-0.15, -0.1) is 10.2 Å². The van der Waals surface area contributed by atoms with Crippen LogP contribution in [0, 0.1) is 6.92 Å². The number of amides is 2. The molecule has 4 rings (SSSR count). The molecule has 7 nitrogen and oxygen atoms in total. The number of aromatic nitrogens is 2. The van der Waals surface area contributed by atoms with Crippen molar-refractivity contribution in [2.45, 2.75) is 42.8 Å². The third-order valence-electron chi connectivity index (χ3n) is 5.03. The fraction of sp³-hybridized carbons (Fsp3) is 0.273. The molecule has 0 saturated carbocycles. The average Bonchev–Trinajstić information content (AvgIpc) is 3.15. The number of carbonyl (C=O) groups excluding carboxylic acids is 2. The molecule has 0 radical (unpaired) electrons. The van der Waals surface area contributed by atoms with E-state index in [9.17, 15) is 9.59 Å². The lowest BCUT2D eigenvalue weighted by atomic mass is 9.96. The lowest BCUT2D eigenvalue weighted by molar-refractivity contribution is -0.126. The number of hydrogen-bond acceptors (Lipinski definition) is 7. The van der Waals surface area contributed by atoms with E-state index in [0.717, 1.165) is 11.3 Å². The number of hydrogen-bond donors (Lipinski definition) is 2. The van der Waals surface area contributed by atoms with Crippen LogP contribution in [-0.4, -0.2) is 32.8 Å². The lowest BCUT2D eigenvalue weighted by Crippen LogP contribution is -2.60. The molecule has 1 aliphatic heterocycles. The zero-order valence-electron chi connectivity index (χ0n) is 17.7. The summed E-state index contributed by atoms with van der Waals surface area (Å²) in [5.41, 5.74) is 2.42. The Balaban J connectivity index is 1.51. The molecule has 9 heteroatoms. The fourth-order valence-electron chi connectivity index (χ4n) is 3.38. The van der Waals surface area contributed by atoms with Gasteiger partial charge in [-0.05, 0) is 57.5 Å². The summed E-state index contributed by atoms with van der Waals surface area (Å²) >= 11 is 2.73. The Hall–Kier alpha value is -2.91. The molecule has 0 bridgehead atoms. The Morgan fingerprint density at radius 2 is 1.97 bits per heavy atom. The zero-order chi connectivity index (χ0) is 22.2. The van der Waals surface area contributed by atoms with E-state index in [2.05, 4.69) is 20.8 Å². The molecule has 0 fully saturated rings. The quantitative estimate of drug-likeness (QED) is 0.538. The predicted octanol–water partition coefficient (Wildman–Crippen LogP) is 4.83. The second-order valence-electron chi connectivity index (χ2n) is 7.83. The highest BCUT2D eigenvalue weighted by Crippen LogP contribution is 2.39. The highest BCUT2D eigenvalue weighted by atomic mass is 32.2. The second kappa shape index (κ2) is 8.32. The maximum Gasteiger partial charge on any atom is 0.250 e. The third kappa shape index (κ3) is 4.28. The summed E-state index contributed by atoms with van der Waals surface area (Å²) in [6, 6.07) is 15.3. The number of nitrogens with one attached hydrogen (secondary N) is 2. The van der Waals surface area contributed by atoms with E-state index in [1.165, 1.54) is 23.1 Å². The molecular weight excluding hydrogens is 430 g/mol.